The highest BCUT2D eigenvalue weighted by molar-refractivity contribution is 7.13. The molecular weight excluding hydrogens is 865 g/mol. The molecule has 0 spiro atoms. The molecule has 1 aliphatic rings. The minimum absolute atomic E-state index is 0.00210. The van der Waals surface area contributed by atoms with Gasteiger partial charge in [0.15, 0.2) is 0 Å². The Morgan fingerprint density at radius 2 is 1.67 bits per heavy atom. The van der Waals surface area contributed by atoms with Crippen LogP contribution in [0.2, 0.25) is 0 Å². The highest BCUT2D eigenvalue weighted by atomic mass is 32.1. The maximum absolute atomic E-state index is 14.2. The van der Waals surface area contributed by atoms with Gasteiger partial charge < -0.3 is 39.4 Å². The second-order valence-corrected chi connectivity index (χ2v) is 19.5. The molecular formula is C52H64N8O6S. The monoisotopic (exact) mass is 928 g/mol. The van der Waals surface area contributed by atoms with Gasteiger partial charge in [-0.1, -0.05) is 75.2 Å². The van der Waals surface area contributed by atoms with E-state index < -0.39 is 35.4 Å². The van der Waals surface area contributed by atoms with Gasteiger partial charge in [0.2, 0.25) is 17.7 Å². The Morgan fingerprint density at radius 3 is 2.33 bits per heavy atom. The number of carbonyl (C=O) groups is 3. The lowest BCUT2D eigenvalue weighted by Gasteiger charge is -2.35. The average Bonchev–Trinajstić information content (AvgIpc) is 4.14. The Morgan fingerprint density at radius 1 is 0.940 bits per heavy atom. The van der Waals surface area contributed by atoms with Gasteiger partial charge in [-0.2, -0.15) is 0 Å². The molecule has 3 N–H and O–H groups in total. The number of likely N-dealkylation sites (tertiary alicyclic amines) is 1. The number of benzene rings is 3. The van der Waals surface area contributed by atoms with Gasteiger partial charge in [0.1, 0.15) is 24.5 Å². The number of β-amino-alcohol motifs (C(OH)–C–C–N with tert-alkyl or cyclic N) is 1. The summed E-state index contributed by atoms with van der Waals surface area (Å²) in [6, 6.07) is 20.8. The third-order valence-electron chi connectivity index (χ3n) is 12.5. The lowest BCUT2D eigenvalue weighted by Crippen LogP contribution is -2.58. The molecule has 1 saturated heterocycles. The number of nitrogens with zero attached hydrogens (tertiary/aromatic N) is 6. The number of unbranched alkanes of at least 4 members (excludes halogenated alkanes) is 3. The van der Waals surface area contributed by atoms with Crippen LogP contribution in [0.25, 0.3) is 27.3 Å². The van der Waals surface area contributed by atoms with Gasteiger partial charge in [0.25, 0.3) is 0 Å². The van der Waals surface area contributed by atoms with Crippen molar-refractivity contribution >= 4 is 40.4 Å². The number of aliphatic hydroxyl groups is 1. The lowest BCUT2D eigenvalue weighted by molar-refractivity contribution is -0.144. The summed E-state index contributed by atoms with van der Waals surface area (Å²) in [5, 5.41) is 20.8. The van der Waals surface area contributed by atoms with Crippen LogP contribution in [0.5, 0.6) is 0 Å². The number of aryl methyl sites for hydroxylation is 4. The number of thiazole rings is 1. The van der Waals surface area contributed by atoms with E-state index in [1.54, 1.807) is 23.9 Å². The molecule has 67 heavy (non-hydrogen) atoms. The minimum Gasteiger partial charge on any atom is -0.391 e. The normalized spacial score (nSPS) is 15.9. The molecule has 3 aromatic heterocycles. The minimum atomic E-state index is -0.942. The van der Waals surface area contributed by atoms with Crippen molar-refractivity contribution in [3.8, 4) is 27.3 Å². The molecule has 1 aliphatic heterocycles. The van der Waals surface area contributed by atoms with Crippen molar-refractivity contribution in [2.24, 2.45) is 5.41 Å². The standard InChI is InChI=1S/C52H64N8O6S/c1-33-13-14-40(47-35(3)57-66-37(47)5)27-44(33)59(42-21-19-41(20-22-42)58-25-23-53-31-58)24-11-9-10-12-26-65-30-46(62)56-49(52(6,7)8)51(64)60-29-43(61)28-45(60)50(63)55-34(2)38-15-17-39(18-16-38)48-36(4)54-32-67-48/h13-23,25,27,31-32,34,43,45,49,61H,9-12,24,26,28-30H2,1-8H3,(H,55,63)(H,56,62)/t34-,43+,45-,49+/m0/s1. The van der Waals surface area contributed by atoms with Crippen LogP contribution in [0.4, 0.5) is 11.4 Å². The van der Waals surface area contributed by atoms with Crippen LogP contribution in [0, 0.1) is 33.1 Å². The van der Waals surface area contributed by atoms with Gasteiger partial charge in [0, 0.05) is 61.1 Å². The van der Waals surface area contributed by atoms with Crippen molar-refractivity contribution in [1.82, 2.24) is 35.2 Å². The number of aliphatic hydroxyl groups excluding tert-OH is 1. The Kier molecular flexibility index (Phi) is 15.8. The van der Waals surface area contributed by atoms with E-state index in [0.717, 1.165) is 99.1 Å². The highest BCUT2D eigenvalue weighted by Gasteiger charge is 2.44. The van der Waals surface area contributed by atoms with Crippen LogP contribution in [0.15, 0.2) is 95.5 Å². The molecule has 1 fully saturated rings. The summed E-state index contributed by atoms with van der Waals surface area (Å²) in [7, 11) is 0. The van der Waals surface area contributed by atoms with E-state index in [1.165, 1.54) is 4.90 Å². The smallest absolute Gasteiger partial charge is 0.246 e. The molecule has 3 aromatic carbocycles. The summed E-state index contributed by atoms with van der Waals surface area (Å²) < 4.78 is 13.3. The van der Waals surface area contributed by atoms with Gasteiger partial charge in [-0.05, 0) is 105 Å². The largest absolute Gasteiger partial charge is 0.391 e. The lowest BCUT2D eigenvalue weighted by atomic mass is 9.85. The van der Waals surface area contributed by atoms with Crippen LogP contribution in [-0.2, 0) is 19.1 Å². The zero-order valence-electron chi connectivity index (χ0n) is 39.9. The van der Waals surface area contributed by atoms with Gasteiger partial charge >= 0.3 is 0 Å². The quantitative estimate of drug-likeness (QED) is 0.0667. The number of hydrogen-bond donors (Lipinski definition) is 3. The van der Waals surface area contributed by atoms with E-state index in [9.17, 15) is 19.5 Å². The average molecular weight is 929 g/mol. The summed E-state index contributed by atoms with van der Waals surface area (Å²) in [6.07, 6.45) is 8.29. The molecule has 0 bridgehead atoms. The van der Waals surface area contributed by atoms with Gasteiger partial charge in [-0.15, -0.1) is 11.3 Å². The second kappa shape index (κ2) is 21.6. The zero-order valence-corrected chi connectivity index (χ0v) is 40.7. The first-order valence-corrected chi connectivity index (χ1v) is 24.0. The number of aromatic nitrogens is 4. The zero-order chi connectivity index (χ0) is 47.8. The van der Waals surface area contributed by atoms with Crippen molar-refractivity contribution in [2.75, 3.05) is 31.2 Å². The van der Waals surface area contributed by atoms with Gasteiger partial charge in [-0.25, -0.2) is 9.97 Å². The first kappa shape index (κ1) is 48.8. The van der Waals surface area contributed by atoms with Crippen molar-refractivity contribution in [3.63, 3.8) is 0 Å². The number of imidazole rings is 1. The highest BCUT2D eigenvalue weighted by Crippen LogP contribution is 2.36. The fraction of sp³-hybridized carbons (Fsp3) is 0.423. The summed E-state index contributed by atoms with van der Waals surface area (Å²) in [5.41, 5.74) is 11.4. The second-order valence-electron chi connectivity index (χ2n) is 18.7. The Balaban J connectivity index is 0.897. The van der Waals surface area contributed by atoms with E-state index in [-0.39, 0.29) is 31.5 Å². The summed E-state index contributed by atoms with van der Waals surface area (Å²) in [5.74, 6) is -0.394. The summed E-state index contributed by atoms with van der Waals surface area (Å²) >= 11 is 1.58. The Bertz CT molecular complexity index is 2580. The van der Waals surface area contributed by atoms with Crippen molar-refractivity contribution in [3.05, 3.63) is 119 Å². The van der Waals surface area contributed by atoms with Gasteiger partial charge in [-0.3, -0.25) is 14.4 Å². The predicted octanol–water partition coefficient (Wildman–Crippen LogP) is 8.97. The maximum Gasteiger partial charge on any atom is 0.246 e. The number of ether oxygens (including phenoxy) is 1. The Labute approximate surface area is 397 Å². The first-order chi connectivity index (χ1) is 32.1. The van der Waals surface area contributed by atoms with E-state index >= 15 is 0 Å². The number of rotatable bonds is 19. The van der Waals surface area contributed by atoms with Crippen LogP contribution in [0.1, 0.15) is 94.1 Å². The maximum atomic E-state index is 14.2. The number of hydrogen-bond acceptors (Lipinski definition) is 11. The molecule has 3 amide bonds. The van der Waals surface area contributed by atoms with E-state index in [4.69, 9.17) is 9.26 Å². The van der Waals surface area contributed by atoms with E-state index in [1.807, 2.05) is 89.0 Å². The summed E-state index contributed by atoms with van der Waals surface area (Å²) in [6.45, 7) is 16.5. The number of amides is 3. The molecule has 7 rings (SSSR count). The number of nitrogens with one attached hydrogen (secondary N) is 2. The molecule has 15 heteroatoms. The molecule has 4 atom stereocenters. The molecule has 0 radical (unpaired) electrons. The predicted molar refractivity (Wildman–Crippen MR) is 262 cm³/mol. The molecule has 6 aromatic rings. The van der Waals surface area contributed by atoms with Crippen molar-refractivity contribution < 1.29 is 28.8 Å². The molecule has 0 saturated carbocycles. The van der Waals surface area contributed by atoms with E-state index in [0.29, 0.717) is 6.61 Å². The molecule has 4 heterocycles. The topological polar surface area (TPSA) is 168 Å². The molecule has 14 nitrogen and oxygen atoms in total. The fourth-order valence-electron chi connectivity index (χ4n) is 8.77. The van der Waals surface area contributed by atoms with E-state index in [2.05, 4.69) is 80.0 Å². The SMILES string of the molecule is Cc1ccc(-c2c(C)noc2C)cc1N(CCCCCCOCC(=O)N[C@H](C(=O)N1C[C@H](O)C[C@H]1C(=O)N[C@@H](C)c1ccc(-c2scnc2C)cc1)C(C)(C)C)c1ccc(-n2ccnc2)cc1. The van der Waals surface area contributed by atoms with Crippen LogP contribution in [-0.4, -0.2) is 91.9 Å². The first-order valence-electron chi connectivity index (χ1n) is 23.1. The molecule has 0 aliphatic carbocycles. The molecule has 0 unspecified atom stereocenters. The number of anilines is 2. The number of carbonyl (C=O) groups excluding carboxylic acids is 3. The van der Waals surface area contributed by atoms with Crippen LogP contribution < -0.4 is 15.5 Å². The van der Waals surface area contributed by atoms with Gasteiger partial charge in [0.05, 0.1) is 40.2 Å². The van der Waals surface area contributed by atoms with Crippen LogP contribution in [0.3, 0.4) is 0 Å². The van der Waals surface area contributed by atoms with Crippen LogP contribution >= 0.6 is 11.3 Å². The fourth-order valence-corrected chi connectivity index (χ4v) is 9.58. The third kappa shape index (κ3) is 11.9. The summed E-state index contributed by atoms with van der Waals surface area (Å²) in [4.78, 5) is 54.6. The van der Waals surface area contributed by atoms with Crippen molar-refractivity contribution in [1.29, 1.82) is 0 Å². The third-order valence-corrected chi connectivity index (χ3v) is 13.5. The Hall–Kier alpha value is -6.16. The van der Waals surface area contributed by atoms with Crippen molar-refractivity contribution in [2.45, 2.75) is 112 Å². The molecule has 354 valence electrons.